The number of hydrogen-bond donors (Lipinski definition) is 6. The molecule has 0 aromatic carbocycles. The van der Waals surface area contributed by atoms with Crippen molar-refractivity contribution in [3.8, 4) is 0 Å². The minimum Gasteiger partial charge on any atom is -0.396 e. The molecular formula is C14H22O8. The zero-order valence-electron chi connectivity index (χ0n) is 11.9. The predicted molar refractivity (Wildman–Crippen MR) is 73.6 cm³/mol. The molecule has 22 heavy (non-hydrogen) atoms. The normalized spacial score (nSPS) is 41.7. The third-order valence-corrected chi connectivity index (χ3v) is 3.86. The predicted octanol–water partition coefficient (Wildman–Crippen LogP) is -2.59. The first-order valence-corrected chi connectivity index (χ1v) is 7.08. The second-order valence-corrected chi connectivity index (χ2v) is 5.39. The average Bonchev–Trinajstić information content (AvgIpc) is 2.75. The van der Waals surface area contributed by atoms with Gasteiger partial charge in [0.05, 0.1) is 6.61 Å². The van der Waals surface area contributed by atoms with Crippen LogP contribution in [-0.4, -0.2) is 86.8 Å². The van der Waals surface area contributed by atoms with Gasteiger partial charge in [-0.2, -0.15) is 0 Å². The third kappa shape index (κ3) is 3.24. The molecule has 0 amide bonds. The maximum atomic E-state index is 10.0. The molecule has 0 saturated carbocycles. The van der Waals surface area contributed by atoms with Crippen LogP contribution in [0.4, 0.5) is 0 Å². The fourth-order valence-corrected chi connectivity index (χ4v) is 2.61. The molecule has 1 heterocycles. The molecule has 1 unspecified atom stereocenters. The van der Waals surface area contributed by atoms with Crippen LogP contribution in [0.2, 0.25) is 0 Å². The van der Waals surface area contributed by atoms with Crippen LogP contribution in [0.25, 0.3) is 0 Å². The maximum absolute atomic E-state index is 10.0. The summed E-state index contributed by atoms with van der Waals surface area (Å²) in [7, 11) is 0. The fraction of sp³-hybridized carbons (Fsp3) is 0.714. The van der Waals surface area contributed by atoms with Gasteiger partial charge in [-0.05, 0) is 18.1 Å². The highest BCUT2D eigenvalue weighted by molar-refractivity contribution is 5.27. The van der Waals surface area contributed by atoms with E-state index >= 15 is 0 Å². The molecule has 8 nitrogen and oxygen atoms in total. The Morgan fingerprint density at radius 3 is 2.41 bits per heavy atom. The number of rotatable bonds is 6. The van der Waals surface area contributed by atoms with Gasteiger partial charge in [-0.25, -0.2) is 0 Å². The monoisotopic (exact) mass is 318 g/mol. The summed E-state index contributed by atoms with van der Waals surface area (Å²) in [5.41, 5.74) is 0.731. The SMILES string of the molecule is OCCC1=CC(O)[C@H](O[C@]2(CO)O[C@H](CO)[C@@H](O)[C@@H]2O)C=C1. The van der Waals surface area contributed by atoms with Crippen LogP contribution in [0.15, 0.2) is 23.8 Å². The van der Waals surface area contributed by atoms with Crippen molar-refractivity contribution in [2.75, 3.05) is 19.8 Å². The largest absolute Gasteiger partial charge is 0.396 e. The van der Waals surface area contributed by atoms with E-state index in [-0.39, 0.29) is 6.61 Å². The van der Waals surface area contributed by atoms with E-state index in [0.29, 0.717) is 6.42 Å². The molecule has 6 N–H and O–H groups in total. The van der Waals surface area contributed by atoms with E-state index in [4.69, 9.17) is 19.7 Å². The van der Waals surface area contributed by atoms with Gasteiger partial charge in [0.2, 0.25) is 5.79 Å². The lowest BCUT2D eigenvalue weighted by Crippen LogP contribution is -2.52. The van der Waals surface area contributed by atoms with E-state index in [1.54, 1.807) is 6.08 Å². The van der Waals surface area contributed by atoms with Crippen LogP contribution in [-0.2, 0) is 9.47 Å². The molecule has 2 aliphatic rings. The first-order chi connectivity index (χ1) is 10.5. The number of aliphatic hydroxyl groups excluding tert-OH is 6. The Hall–Kier alpha value is -0.840. The van der Waals surface area contributed by atoms with Crippen LogP contribution in [0.1, 0.15) is 6.42 Å². The quantitative estimate of drug-likeness (QED) is 0.314. The highest BCUT2D eigenvalue weighted by Gasteiger charge is 2.56. The van der Waals surface area contributed by atoms with Crippen molar-refractivity contribution in [2.24, 2.45) is 0 Å². The summed E-state index contributed by atoms with van der Waals surface area (Å²) >= 11 is 0. The summed E-state index contributed by atoms with van der Waals surface area (Å²) in [6.07, 6.45) is -0.997. The van der Waals surface area contributed by atoms with Crippen molar-refractivity contribution in [3.63, 3.8) is 0 Å². The lowest BCUT2D eigenvalue weighted by Gasteiger charge is -2.35. The first-order valence-electron chi connectivity index (χ1n) is 7.08. The Bertz CT molecular complexity index is 437. The fourth-order valence-electron chi connectivity index (χ4n) is 2.61. The molecule has 126 valence electrons. The van der Waals surface area contributed by atoms with E-state index in [9.17, 15) is 20.4 Å². The molecule has 0 aromatic rings. The molecule has 0 radical (unpaired) electrons. The maximum Gasteiger partial charge on any atom is 0.222 e. The van der Waals surface area contributed by atoms with Crippen molar-refractivity contribution in [2.45, 2.75) is 42.7 Å². The van der Waals surface area contributed by atoms with Gasteiger partial charge in [-0.15, -0.1) is 0 Å². The highest BCUT2D eigenvalue weighted by Crippen LogP contribution is 2.34. The Balaban J connectivity index is 2.10. The first kappa shape index (κ1) is 17.5. The topological polar surface area (TPSA) is 140 Å². The number of hydrogen-bond acceptors (Lipinski definition) is 8. The van der Waals surface area contributed by atoms with E-state index < -0.39 is 49.5 Å². The second-order valence-electron chi connectivity index (χ2n) is 5.39. The number of ether oxygens (including phenoxy) is 2. The molecule has 0 spiro atoms. The van der Waals surface area contributed by atoms with Gasteiger partial charge in [0.15, 0.2) is 0 Å². The van der Waals surface area contributed by atoms with E-state index in [2.05, 4.69) is 0 Å². The lowest BCUT2D eigenvalue weighted by atomic mass is 9.99. The van der Waals surface area contributed by atoms with Crippen LogP contribution >= 0.6 is 0 Å². The zero-order chi connectivity index (χ0) is 16.3. The standard InChI is InChI=1S/C14H22O8/c15-4-3-8-1-2-10(9(18)5-8)21-14(7-17)13(20)12(19)11(6-16)22-14/h1-2,5,9-13,15-20H,3-4,6-7H2/t9?,10-,11-,12-,13+,14-/m1/s1. The van der Waals surface area contributed by atoms with Gasteiger partial charge in [0.25, 0.3) is 0 Å². The molecule has 0 aromatic heterocycles. The Labute approximate surface area is 127 Å². The third-order valence-electron chi connectivity index (χ3n) is 3.86. The van der Waals surface area contributed by atoms with Crippen LogP contribution in [0, 0.1) is 0 Å². The molecule has 1 saturated heterocycles. The summed E-state index contributed by atoms with van der Waals surface area (Å²) in [5.74, 6) is -1.93. The summed E-state index contributed by atoms with van der Waals surface area (Å²) in [4.78, 5) is 0. The summed E-state index contributed by atoms with van der Waals surface area (Å²) in [6, 6.07) is 0. The van der Waals surface area contributed by atoms with Crippen LogP contribution in [0.3, 0.4) is 0 Å². The van der Waals surface area contributed by atoms with Crippen molar-refractivity contribution in [3.05, 3.63) is 23.8 Å². The number of allylic oxidation sites excluding steroid dienone is 1. The van der Waals surface area contributed by atoms with Gasteiger partial charge in [-0.3, -0.25) is 0 Å². The molecule has 6 atom stereocenters. The van der Waals surface area contributed by atoms with E-state index in [1.807, 2.05) is 0 Å². The zero-order valence-corrected chi connectivity index (χ0v) is 11.9. The average molecular weight is 318 g/mol. The van der Waals surface area contributed by atoms with E-state index in [1.165, 1.54) is 12.2 Å². The van der Waals surface area contributed by atoms with Gasteiger partial charge < -0.3 is 40.1 Å². The molecule has 8 heteroatoms. The Kier molecular flexibility index (Phi) is 5.70. The van der Waals surface area contributed by atoms with Gasteiger partial charge >= 0.3 is 0 Å². The van der Waals surface area contributed by atoms with Crippen molar-refractivity contribution >= 4 is 0 Å². The lowest BCUT2D eigenvalue weighted by molar-refractivity contribution is -0.294. The Morgan fingerprint density at radius 2 is 1.91 bits per heavy atom. The molecule has 1 aliphatic heterocycles. The van der Waals surface area contributed by atoms with E-state index in [0.717, 1.165) is 5.57 Å². The minimum absolute atomic E-state index is 0.0544. The van der Waals surface area contributed by atoms with Crippen molar-refractivity contribution < 1.29 is 40.1 Å². The summed E-state index contributed by atoms with van der Waals surface area (Å²) < 4.78 is 10.8. The smallest absolute Gasteiger partial charge is 0.222 e. The molecule has 1 aliphatic carbocycles. The molecule has 1 fully saturated rings. The van der Waals surface area contributed by atoms with Crippen LogP contribution in [0.5, 0.6) is 0 Å². The molecule has 2 rings (SSSR count). The number of aliphatic hydroxyl groups is 6. The second kappa shape index (κ2) is 7.16. The summed E-state index contributed by atoms with van der Waals surface area (Å²) in [5, 5.41) is 57.4. The van der Waals surface area contributed by atoms with Crippen molar-refractivity contribution in [1.82, 2.24) is 0 Å². The van der Waals surface area contributed by atoms with Crippen molar-refractivity contribution in [1.29, 1.82) is 0 Å². The van der Waals surface area contributed by atoms with Gasteiger partial charge in [-0.1, -0.05) is 12.2 Å². The van der Waals surface area contributed by atoms with Crippen LogP contribution < -0.4 is 0 Å². The minimum atomic E-state index is -1.93. The van der Waals surface area contributed by atoms with Gasteiger partial charge in [0.1, 0.15) is 37.1 Å². The molecule has 0 bridgehead atoms. The summed E-state index contributed by atoms with van der Waals surface area (Å²) in [6.45, 7) is -1.36. The van der Waals surface area contributed by atoms with Gasteiger partial charge in [0, 0.05) is 6.61 Å². The Morgan fingerprint density at radius 1 is 1.18 bits per heavy atom. The molecular weight excluding hydrogens is 296 g/mol. The highest BCUT2D eigenvalue weighted by atomic mass is 16.7.